The number of carbonyl (C=O) groups is 1. The van der Waals surface area contributed by atoms with Crippen LogP contribution in [0.2, 0.25) is 0 Å². The molecule has 0 aliphatic heterocycles. The van der Waals surface area contributed by atoms with E-state index in [1.54, 1.807) is 6.92 Å². The third-order valence-electron chi connectivity index (χ3n) is 1.42. The number of aliphatic carboxylic acids is 1. The molecule has 0 bridgehead atoms. The van der Waals surface area contributed by atoms with Crippen molar-refractivity contribution in [1.29, 1.82) is 0 Å². The molecule has 0 heterocycles. The van der Waals surface area contributed by atoms with Crippen molar-refractivity contribution in [2.45, 2.75) is 13.8 Å². The topological polar surface area (TPSA) is 49.7 Å². The van der Waals surface area contributed by atoms with Gasteiger partial charge in [0.15, 0.2) is 0 Å². The van der Waals surface area contributed by atoms with Gasteiger partial charge in [-0.3, -0.25) is 4.99 Å². The predicted octanol–water partition coefficient (Wildman–Crippen LogP) is 2.48. The van der Waals surface area contributed by atoms with Crippen LogP contribution in [-0.2, 0) is 4.79 Å². The number of rotatable bonds is 4. The number of hydrogen-bond donors (Lipinski definition) is 1. The van der Waals surface area contributed by atoms with Gasteiger partial charge in [0.25, 0.3) is 0 Å². The van der Waals surface area contributed by atoms with E-state index in [0.29, 0.717) is 5.70 Å². The van der Waals surface area contributed by atoms with E-state index in [0.717, 1.165) is 6.08 Å². The summed E-state index contributed by atoms with van der Waals surface area (Å²) in [5, 5.41) is 8.35. The molecule has 0 spiro atoms. The van der Waals surface area contributed by atoms with Crippen LogP contribution in [0.4, 0.5) is 4.39 Å². The lowest BCUT2D eigenvalue weighted by atomic mass is 10.2. The average molecular weight is 197 g/mol. The Balaban J connectivity index is 4.92. The zero-order valence-electron chi connectivity index (χ0n) is 8.12. The van der Waals surface area contributed by atoms with Crippen LogP contribution in [-0.4, -0.2) is 17.8 Å². The highest BCUT2D eigenvalue weighted by Crippen LogP contribution is 2.11. The zero-order chi connectivity index (χ0) is 11.1. The van der Waals surface area contributed by atoms with E-state index in [2.05, 4.69) is 11.7 Å². The Labute approximate surface area is 82.0 Å². The minimum atomic E-state index is -1.12. The Kier molecular flexibility index (Phi) is 5.14. The average Bonchev–Trinajstić information content (AvgIpc) is 2.10. The molecule has 0 saturated heterocycles. The van der Waals surface area contributed by atoms with E-state index in [1.807, 2.05) is 0 Å². The lowest BCUT2D eigenvalue weighted by Crippen LogP contribution is -1.87. The maximum atomic E-state index is 12.8. The quantitative estimate of drug-likeness (QED) is 0.427. The molecule has 0 radical (unpaired) electrons. The maximum Gasteiger partial charge on any atom is 0.328 e. The summed E-state index contributed by atoms with van der Waals surface area (Å²) in [5.41, 5.74) is 0.698. The Hall–Kier alpha value is -1.71. The lowest BCUT2D eigenvalue weighted by molar-refractivity contribution is -0.131. The Morgan fingerprint density at radius 3 is 2.36 bits per heavy atom. The van der Waals surface area contributed by atoms with Gasteiger partial charge in [-0.25, -0.2) is 9.18 Å². The van der Waals surface area contributed by atoms with Gasteiger partial charge in [-0.1, -0.05) is 0 Å². The van der Waals surface area contributed by atoms with E-state index < -0.39 is 11.8 Å². The molecule has 3 nitrogen and oxygen atoms in total. The fourth-order valence-electron chi connectivity index (χ4n) is 0.694. The molecule has 0 aromatic heterocycles. The van der Waals surface area contributed by atoms with E-state index in [4.69, 9.17) is 5.11 Å². The van der Waals surface area contributed by atoms with Gasteiger partial charge in [0.05, 0.1) is 0 Å². The van der Waals surface area contributed by atoms with Crippen molar-refractivity contribution in [2.75, 3.05) is 0 Å². The van der Waals surface area contributed by atoms with Crippen molar-refractivity contribution < 1.29 is 14.3 Å². The van der Waals surface area contributed by atoms with Gasteiger partial charge in [-0.2, -0.15) is 0 Å². The SMILES string of the molecule is C=N\C(C)=C/C(/C=C/C(=O)O)=C(\C)F. The van der Waals surface area contributed by atoms with Crippen LogP contribution >= 0.6 is 0 Å². The van der Waals surface area contributed by atoms with Crippen LogP contribution in [0, 0.1) is 0 Å². The second kappa shape index (κ2) is 5.85. The van der Waals surface area contributed by atoms with E-state index >= 15 is 0 Å². The fourth-order valence-corrected chi connectivity index (χ4v) is 0.694. The number of hydrogen-bond acceptors (Lipinski definition) is 2. The zero-order valence-corrected chi connectivity index (χ0v) is 8.12. The van der Waals surface area contributed by atoms with Crippen LogP contribution in [0.15, 0.2) is 40.3 Å². The monoisotopic (exact) mass is 197 g/mol. The van der Waals surface area contributed by atoms with Crippen molar-refractivity contribution in [3.63, 3.8) is 0 Å². The summed E-state index contributed by atoms with van der Waals surface area (Å²) in [6, 6.07) is 0. The molecule has 0 amide bonds. The molecule has 0 aromatic carbocycles. The van der Waals surface area contributed by atoms with Crippen LogP contribution in [0.25, 0.3) is 0 Å². The first-order valence-electron chi connectivity index (χ1n) is 3.89. The summed E-state index contributed by atoms with van der Waals surface area (Å²) in [4.78, 5) is 13.8. The van der Waals surface area contributed by atoms with E-state index in [-0.39, 0.29) is 5.57 Å². The summed E-state index contributed by atoms with van der Waals surface area (Å²) in [6.45, 7) is 6.15. The molecule has 0 saturated carbocycles. The molecule has 0 rings (SSSR count). The minimum absolute atomic E-state index is 0.178. The summed E-state index contributed by atoms with van der Waals surface area (Å²) in [7, 11) is 0. The number of aliphatic imine (C=N–C) groups is 1. The molecule has 14 heavy (non-hydrogen) atoms. The molecular weight excluding hydrogens is 185 g/mol. The highest BCUT2D eigenvalue weighted by Gasteiger charge is 1.96. The summed E-state index contributed by atoms with van der Waals surface area (Å²) >= 11 is 0. The molecule has 0 aliphatic rings. The van der Waals surface area contributed by atoms with Gasteiger partial charge in [-0.05, 0) is 32.7 Å². The summed E-state index contributed by atoms with van der Waals surface area (Å²) in [6.07, 6.45) is 3.46. The fraction of sp³-hybridized carbons (Fsp3) is 0.200. The number of carboxylic acid groups (broad SMARTS) is 1. The Morgan fingerprint density at radius 1 is 1.43 bits per heavy atom. The molecule has 1 N–H and O–H groups in total. The van der Waals surface area contributed by atoms with Gasteiger partial charge in [0, 0.05) is 17.3 Å². The normalized spacial score (nSPS) is 14.1. The maximum absolute atomic E-state index is 12.8. The van der Waals surface area contributed by atoms with E-state index in [9.17, 15) is 9.18 Å². The Morgan fingerprint density at radius 2 is 2.00 bits per heavy atom. The van der Waals surface area contributed by atoms with Gasteiger partial charge < -0.3 is 5.11 Å². The minimum Gasteiger partial charge on any atom is -0.478 e. The first-order valence-corrected chi connectivity index (χ1v) is 3.89. The predicted molar refractivity (Wildman–Crippen MR) is 53.9 cm³/mol. The molecular formula is C10H12FNO2. The van der Waals surface area contributed by atoms with Crippen molar-refractivity contribution in [3.05, 3.63) is 35.3 Å². The second-order valence-electron chi connectivity index (χ2n) is 2.60. The molecule has 0 atom stereocenters. The second-order valence-corrected chi connectivity index (χ2v) is 2.60. The smallest absolute Gasteiger partial charge is 0.328 e. The number of allylic oxidation sites excluding steroid dienone is 5. The van der Waals surface area contributed by atoms with Gasteiger partial charge in [0.2, 0.25) is 0 Å². The molecule has 0 aliphatic carbocycles. The molecule has 0 fully saturated rings. The largest absolute Gasteiger partial charge is 0.478 e. The molecule has 0 unspecified atom stereocenters. The van der Waals surface area contributed by atoms with Crippen molar-refractivity contribution in [2.24, 2.45) is 4.99 Å². The third-order valence-corrected chi connectivity index (χ3v) is 1.42. The van der Waals surface area contributed by atoms with E-state index in [1.165, 1.54) is 19.1 Å². The molecule has 0 aromatic rings. The number of halogens is 1. The molecule has 76 valence electrons. The van der Waals surface area contributed by atoms with Crippen molar-refractivity contribution in [3.8, 4) is 0 Å². The van der Waals surface area contributed by atoms with Crippen LogP contribution in [0.3, 0.4) is 0 Å². The summed E-state index contributed by atoms with van der Waals surface area (Å²) < 4.78 is 12.8. The van der Waals surface area contributed by atoms with Crippen LogP contribution in [0.1, 0.15) is 13.8 Å². The van der Waals surface area contributed by atoms with Gasteiger partial charge >= 0.3 is 5.97 Å². The highest BCUT2D eigenvalue weighted by molar-refractivity contribution is 5.80. The van der Waals surface area contributed by atoms with Crippen LogP contribution < -0.4 is 0 Å². The van der Waals surface area contributed by atoms with Crippen molar-refractivity contribution in [1.82, 2.24) is 0 Å². The summed E-state index contributed by atoms with van der Waals surface area (Å²) in [5.74, 6) is -1.59. The van der Waals surface area contributed by atoms with Gasteiger partial charge in [0.1, 0.15) is 5.83 Å². The first-order chi connectivity index (χ1) is 6.47. The number of nitrogens with zero attached hydrogens (tertiary/aromatic N) is 1. The first kappa shape index (κ1) is 12.3. The van der Waals surface area contributed by atoms with Crippen molar-refractivity contribution >= 4 is 12.7 Å². The molecule has 4 heteroatoms. The van der Waals surface area contributed by atoms with Gasteiger partial charge in [-0.15, -0.1) is 0 Å². The number of carboxylic acids is 1. The Bertz CT molecular complexity index is 323. The third kappa shape index (κ3) is 5.03. The lowest BCUT2D eigenvalue weighted by Gasteiger charge is -1.95. The standard InChI is InChI=1S/C10H12FNO2/c1-7(12-3)6-9(8(2)11)4-5-10(13)14/h4-6H,3H2,1-2H3,(H,13,14)/b5-4+,7-6-,9-8+. The highest BCUT2D eigenvalue weighted by atomic mass is 19.1. The van der Waals surface area contributed by atoms with Crippen LogP contribution in [0.5, 0.6) is 0 Å².